The number of hydrogen-bond acceptors (Lipinski definition) is 4. The van der Waals surface area contributed by atoms with E-state index in [1.54, 1.807) is 0 Å². The van der Waals surface area contributed by atoms with Gasteiger partial charge in [0.1, 0.15) is 0 Å². The van der Waals surface area contributed by atoms with Crippen molar-refractivity contribution in [3.05, 3.63) is 0 Å². The lowest BCUT2D eigenvalue weighted by Gasteiger charge is -2.27. The van der Waals surface area contributed by atoms with Gasteiger partial charge >= 0.3 is 0 Å². The highest BCUT2D eigenvalue weighted by Gasteiger charge is 2.23. The fourth-order valence-corrected chi connectivity index (χ4v) is 4.33. The fourth-order valence-electron chi connectivity index (χ4n) is 2.84. The summed E-state index contributed by atoms with van der Waals surface area (Å²) in [5.41, 5.74) is 0. The SMILES string of the molecule is CC(C)C(CNCCC1CS(=O)(=O)CCN1)C(C)C. The van der Waals surface area contributed by atoms with Gasteiger partial charge < -0.3 is 10.6 Å². The third-order valence-electron chi connectivity index (χ3n) is 4.06. The molecule has 0 saturated carbocycles. The summed E-state index contributed by atoms with van der Waals surface area (Å²) in [5, 5.41) is 6.78. The number of nitrogens with one attached hydrogen (secondary N) is 2. The zero-order valence-electron chi connectivity index (χ0n) is 12.8. The van der Waals surface area contributed by atoms with Crippen molar-refractivity contribution in [2.45, 2.75) is 40.2 Å². The van der Waals surface area contributed by atoms with Crippen molar-refractivity contribution in [2.75, 3.05) is 31.1 Å². The van der Waals surface area contributed by atoms with Crippen LogP contribution in [0.1, 0.15) is 34.1 Å². The fraction of sp³-hybridized carbons (Fsp3) is 1.00. The summed E-state index contributed by atoms with van der Waals surface area (Å²) in [6.45, 7) is 11.6. The molecule has 1 saturated heterocycles. The molecule has 0 spiro atoms. The maximum absolute atomic E-state index is 11.5. The Bertz CT molecular complexity index is 344. The molecule has 1 aliphatic rings. The largest absolute Gasteiger partial charge is 0.316 e. The van der Waals surface area contributed by atoms with Crippen LogP contribution in [-0.2, 0) is 9.84 Å². The number of rotatable bonds is 7. The molecule has 19 heavy (non-hydrogen) atoms. The summed E-state index contributed by atoms with van der Waals surface area (Å²) in [6, 6.07) is 0.128. The topological polar surface area (TPSA) is 58.2 Å². The van der Waals surface area contributed by atoms with E-state index in [0.29, 0.717) is 35.8 Å². The molecule has 1 aliphatic heterocycles. The second kappa shape index (κ2) is 7.60. The Hall–Kier alpha value is -0.130. The molecule has 1 rings (SSSR count). The molecule has 1 atom stereocenters. The van der Waals surface area contributed by atoms with Gasteiger partial charge in [0.2, 0.25) is 0 Å². The van der Waals surface area contributed by atoms with Crippen LogP contribution in [0.4, 0.5) is 0 Å². The second-order valence-corrected chi connectivity index (χ2v) is 8.64. The molecule has 0 aliphatic carbocycles. The second-order valence-electron chi connectivity index (χ2n) is 6.41. The molecule has 2 N–H and O–H groups in total. The van der Waals surface area contributed by atoms with Crippen molar-refractivity contribution in [3.63, 3.8) is 0 Å². The Kier molecular flexibility index (Phi) is 6.77. The average Bonchev–Trinajstić information content (AvgIpc) is 2.26. The van der Waals surface area contributed by atoms with Gasteiger partial charge in [-0.2, -0.15) is 0 Å². The molecule has 1 unspecified atom stereocenters. The normalized spacial score (nSPS) is 23.4. The molecule has 0 amide bonds. The summed E-state index contributed by atoms with van der Waals surface area (Å²) < 4.78 is 23.0. The Labute approximate surface area is 118 Å². The van der Waals surface area contributed by atoms with Crippen molar-refractivity contribution >= 4 is 9.84 Å². The predicted octanol–water partition coefficient (Wildman–Crippen LogP) is 1.28. The monoisotopic (exact) mass is 290 g/mol. The molecular weight excluding hydrogens is 260 g/mol. The van der Waals surface area contributed by atoms with Gasteiger partial charge in [-0.1, -0.05) is 27.7 Å². The minimum absolute atomic E-state index is 0.128. The first-order valence-electron chi connectivity index (χ1n) is 7.46. The van der Waals surface area contributed by atoms with E-state index < -0.39 is 9.84 Å². The van der Waals surface area contributed by atoms with Crippen molar-refractivity contribution in [1.29, 1.82) is 0 Å². The highest BCUT2D eigenvalue weighted by atomic mass is 32.2. The van der Waals surface area contributed by atoms with Crippen molar-refractivity contribution in [2.24, 2.45) is 17.8 Å². The smallest absolute Gasteiger partial charge is 0.153 e. The van der Waals surface area contributed by atoms with Gasteiger partial charge in [-0.15, -0.1) is 0 Å². The Morgan fingerprint density at radius 2 is 1.84 bits per heavy atom. The lowest BCUT2D eigenvalue weighted by Crippen LogP contribution is -2.46. The highest BCUT2D eigenvalue weighted by molar-refractivity contribution is 7.91. The van der Waals surface area contributed by atoms with Crippen LogP contribution >= 0.6 is 0 Å². The van der Waals surface area contributed by atoms with Crippen LogP contribution in [0.15, 0.2) is 0 Å². The first kappa shape index (κ1) is 16.9. The number of sulfone groups is 1. The average molecular weight is 290 g/mol. The van der Waals surface area contributed by atoms with E-state index in [0.717, 1.165) is 19.5 Å². The molecule has 0 aromatic heterocycles. The minimum Gasteiger partial charge on any atom is -0.316 e. The van der Waals surface area contributed by atoms with Gasteiger partial charge in [0.05, 0.1) is 11.5 Å². The molecule has 4 nitrogen and oxygen atoms in total. The summed E-state index contributed by atoms with van der Waals surface area (Å²) in [7, 11) is -2.80. The van der Waals surface area contributed by atoms with Crippen molar-refractivity contribution < 1.29 is 8.42 Å². The van der Waals surface area contributed by atoms with E-state index in [1.165, 1.54) is 0 Å². The number of hydrogen-bond donors (Lipinski definition) is 2. The molecule has 1 heterocycles. The Morgan fingerprint density at radius 3 is 2.37 bits per heavy atom. The van der Waals surface area contributed by atoms with E-state index in [1.807, 2.05) is 0 Å². The van der Waals surface area contributed by atoms with Crippen LogP contribution in [-0.4, -0.2) is 45.6 Å². The van der Waals surface area contributed by atoms with E-state index in [9.17, 15) is 8.42 Å². The van der Waals surface area contributed by atoms with Crippen LogP contribution in [0.3, 0.4) is 0 Å². The predicted molar refractivity (Wildman–Crippen MR) is 81.1 cm³/mol. The minimum atomic E-state index is -2.80. The molecule has 5 heteroatoms. The van der Waals surface area contributed by atoms with E-state index >= 15 is 0 Å². The van der Waals surface area contributed by atoms with Gasteiger partial charge in [-0.25, -0.2) is 8.42 Å². The lowest BCUT2D eigenvalue weighted by atomic mass is 9.85. The molecular formula is C14H30N2O2S. The van der Waals surface area contributed by atoms with E-state index in [-0.39, 0.29) is 6.04 Å². The maximum Gasteiger partial charge on any atom is 0.153 e. The zero-order chi connectivity index (χ0) is 14.5. The zero-order valence-corrected chi connectivity index (χ0v) is 13.6. The van der Waals surface area contributed by atoms with E-state index in [4.69, 9.17) is 0 Å². The van der Waals surface area contributed by atoms with E-state index in [2.05, 4.69) is 38.3 Å². The summed E-state index contributed by atoms with van der Waals surface area (Å²) >= 11 is 0. The Balaban J connectivity index is 2.23. The summed E-state index contributed by atoms with van der Waals surface area (Å²) in [4.78, 5) is 0. The standard InChI is InChI=1S/C14H30N2O2S/c1-11(2)14(12(3)4)9-15-6-5-13-10-19(17,18)8-7-16-13/h11-16H,5-10H2,1-4H3. The van der Waals surface area contributed by atoms with Crippen LogP contribution in [0.25, 0.3) is 0 Å². The van der Waals surface area contributed by atoms with Crippen LogP contribution < -0.4 is 10.6 Å². The van der Waals surface area contributed by atoms with Gasteiger partial charge in [0, 0.05) is 12.6 Å². The van der Waals surface area contributed by atoms with Crippen LogP contribution in [0.5, 0.6) is 0 Å². The van der Waals surface area contributed by atoms with Gasteiger partial charge in [-0.3, -0.25) is 0 Å². The highest BCUT2D eigenvalue weighted by Crippen LogP contribution is 2.19. The quantitative estimate of drug-likeness (QED) is 0.694. The molecule has 0 bridgehead atoms. The lowest BCUT2D eigenvalue weighted by molar-refractivity contribution is 0.274. The molecule has 0 radical (unpaired) electrons. The third-order valence-corrected chi connectivity index (χ3v) is 5.80. The summed E-state index contributed by atoms with van der Waals surface area (Å²) in [6.07, 6.45) is 0.891. The maximum atomic E-state index is 11.5. The molecule has 114 valence electrons. The van der Waals surface area contributed by atoms with Gasteiger partial charge in [0.15, 0.2) is 9.84 Å². The molecule has 0 aromatic rings. The van der Waals surface area contributed by atoms with Crippen molar-refractivity contribution in [3.8, 4) is 0 Å². The Morgan fingerprint density at radius 1 is 1.21 bits per heavy atom. The van der Waals surface area contributed by atoms with Crippen LogP contribution in [0.2, 0.25) is 0 Å². The molecule has 1 fully saturated rings. The van der Waals surface area contributed by atoms with Gasteiger partial charge in [-0.05, 0) is 37.3 Å². The van der Waals surface area contributed by atoms with Gasteiger partial charge in [0.25, 0.3) is 0 Å². The molecule has 0 aromatic carbocycles. The van der Waals surface area contributed by atoms with Crippen molar-refractivity contribution in [1.82, 2.24) is 10.6 Å². The first-order chi connectivity index (χ1) is 8.82. The summed E-state index contributed by atoms with van der Waals surface area (Å²) in [5.74, 6) is 2.64. The van der Waals surface area contributed by atoms with Crippen LogP contribution in [0, 0.1) is 17.8 Å². The first-order valence-corrected chi connectivity index (χ1v) is 9.28. The third kappa shape index (κ3) is 6.23.